The summed E-state index contributed by atoms with van der Waals surface area (Å²) in [6.07, 6.45) is 3.16. The third kappa shape index (κ3) is 4.14. The van der Waals surface area contributed by atoms with Crippen LogP contribution in [0.15, 0.2) is 53.6 Å². The zero-order valence-corrected chi connectivity index (χ0v) is 13.7. The van der Waals surface area contributed by atoms with E-state index in [2.05, 4.69) is 20.5 Å². The minimum absolute atomic E-state index is 0.243. The van der Waals surface area contributed by atoms with Crippen molar-refractivity contribution in [3.05, 3.63) is 70.4 Å². The summed E-state index contributed by atoms with van der Waals surface area (Å²) in [6, 6.07) is 10.5. The predicted octanol–water partition coefficient (Wildman–Crippen LogP) is 1.88. The Bertz CT molecular complexity index is 909. The third-order valence-electron chi connectivity index (χ3n) is 3.68. The van der Waals surface area contributed by atoms with Gasteiger partial charge < -0.3 is 15.0 Å². The number of amides is 1. The maximum absolute atomic E-state index is 11.9. The lowest BCUT2D eigenvalue weighted by molar-refractivity contribution is 0.0946. The van der Waals surface area contributed by atoms with Crippen molar-refractivity contribution in [3.63, 3.8) is 0 Å². The number of rotatable bonds is 6. The van der Waals surface area contributed by atoms with Crippen LogP contribution >= 0.6 is 0 Å². The van der Waals surface area contributed by atoms with Crippen LogP contribution in [-0.4, -0.2) is 34.2 Å². The van der Waals surface area contributed by atoms with E-state index in [1.165, 1.54) is 18.3 Å². The van der Waals surface area contributed by atoms with Crippen molar-refractivity contribution < 1.29 is 9.53 Å². The van der Waals surface area contributed by atoms with E-state index in [0.29, 0.717) is 18.7 Å². The summed E-state index contributed by atoms with van der Waals surface area (Å²) >= 11 is 0. The van der Waals surface area contributed by atoms with Gasteiger partial charge in [0.05, 0.1) is 18.3 Å². The van der Waals surface area contributed by atoms with Crippen LogP contribution in [-0.2, 0) is 0 Å². The van der Waals surface area contributed by atoms with Gasteiger partial charge in [0.1, 0.15) is 12.4 Å². The topological polar surface area (TPSA) is 99.9 Å². The molecular weight excluding hydrogens is 320 g/mol. The van der Waals surface area contributed by atoms with Gasteiger partial charge in [-0.05, 0) is 30.7 Å². The Balaban J connectivity index is 1.52. The standard InChI is InChI=1S/C18H18N4O3/c1-12-16(11-21-22-12)13-3-2-4-15(9-13)25-8-7-19-18(24)14-5-6-17(23)20-10-14/h2-6,9-11H,7-8H2,1H3,(H,19,24)(H,20,23)(H,21,22). The number of carbonyl (C=O) groups is 1. The van der Waals surface area contributed by atoms with E-state index in [1.807, 2.05) is 31.2 Å². The Kier molecular flexibility index (Phi) is 4.94. The molecule has 7 heteroatoms. The molecular formula is C18H18N4O3. The zero-order valence-electron chi connectivity index (χ0n) is 13.7. The second kappa shape index (κ2) is 7.48. The molecule has 0 aliphatic heterocycles. The first-order valence-corrected chi connectivity index (χ1v) is 7.83. The number of carbonyl (C=O) groups excluding carboxylic acids is 1. The molecule has 0 aliphatic rings. The molecule has 0 saturated heterocycles. The van der Waals surface area contributed by atoms with Gasteiger partial charge in [0.2, 0.25) is 5.56 Å². The number of pyridine rings is 1. The first-order chi connectivity index (χ1) is 12.1. The summed E-state index contributed by atoms with van der Waals surface area (Å²) in [5.41, 5.74) is 3.19. The lowest BCUT2D eigenvalue weighted by Crippen LogP contribution is -2.28. The molecule has 2 heterocycles. The average molecular weight is 338 g/mol. The first kappa shape index (κ1) is 16.5. The Morgan fingerprint density at radius 3 is 2.88 bits per heavy atom. The van der Waals surface area contributed by atoms with Crippen LogP contribution in [0.5, 0.6) is 5.75 Å². The quantitative estimate of drug-likeness (QED) is 0.598. The minimum atomic E-state index is -0.261. The Hall–Kier alpha value is -3.35. The van der Waals surface area contributed by atoms with Crippen molar-refractivity contribution in [2.45, 2.75) is 6.92 Å². The number of aromatic amines is 2. The Morgan fingerprint density at radius 1 is 1.28 bits per heavy atom. The summed E-state index contributed by atoms with van der Waals surface area (Å²) in [5.74, 6) is 0.457. The van der Waals surface area contributed by atoms with Crippen LogP contribution in [0.2, 0.25) is 0 Å². The number of ether oxygens (including phenoxy) is 1. The summed E-state index contributed by atoms with van der Waals surface area (Å²) in [7, 11) is 0. The fourth-order valence-corrected chi connectivity index (χ4v) is 2.38. The van der Waals surface area contributed by atoms with Crippen molar-refractivity contribution in [1.82, 2.24) is 20.5 Å². The van der Waals surface area contributed by atoms with Gasteiger partial charge in [0.25, 0.3) is 5.91 Å². The van der Waals surface area contributed by atoms with Gasteiger partial charge in [0.15, 0.2) is 0 Å². The molecule has 1 aromatic carbocycles. The first-order valence-electron chi connectivity index (χ1n) is 7.83. The fourth-order valence-electron chi connectivity index (χ4n) is 2.38. The molecule has 0 unspecified atom stereocenters. The number of nitrogens with zero attached hydrogens (tertiary/aromatic N) is 1. The summed E-state index contributed by atoms with van der Waals surface area (Å²) < 4.78 is 5.69. The van der Waals surface area contributed by atoms with Gasteiger partial charge in [-0.3, -0.25) is 14.7 Å². The maximum atomic E-state index is 11.9. The number of aromatic nitrogens is 3. The highest BCUT2D eigenvalue weighted by Crippen LogP contribution is 2.25. The van der Waals surface area contributed by atoms with Crippen molar-refractivity contribution in [2.24, 2.45) is 0 Å². The van der Waals surface area contributed by atoms with Crippen molar-refractivity contribution in [2.75, 3.05) is 13.2 Å². The van der Waals surface area contributed by atoms with Crippen LogP contribution in [0.1, 0.15) is 16.1 Å². The van der Waals surface area contributed by atoms with Crippen LogP contribution < -0.4 is 15.6 Å². The normalized spacial score (nSPS) is 10.4. The molecule has 7 nitrogen and oxygen atoms in total. The summed E-state index contributed by atoms with van der Waals surface area (Å²) in [5, 5.41) is 9.67. The van der Waals surface area contributed by atoms with Crippen LogP contribution in [0.4, 0.5) is 0 Å². The smallest absolute Gasteiger partial charge is 0.252 e. The van der Waals surface area contributed by atoms with Crippen molar-refractivity contribution in [1.29, 1.82) is 0 Å². The largest absolute Gasteiger partial charge is 0.492 e. The molecule has 0 saturated carbocycles. The molecule has 25 heavy (non-hydrogen) atoms. The number of aryl methyl sites for hydroxylation is 1. The third-order valence-corrected chi connectivity index (χ3v) is 3.68. The van der Waals surface area contributed by atoms with Crippen LogP contribution in [0.25, 0.3) is 11.1 Å². The molecule has 0 bridgehead atoms. The van der Waals surface area contributed by atoms with Gasteiger partial charge in [-0.25, -0.2) is 0 Å². The lowest BCUT2D eigenvalue weighted by atomic mass is 10.1. The summed E-state index contributed by atoms with van der Waals surface area (Å²) in [4.78, 5) is 25.4. The second-order valence-corrected chi connectivity index (χ2v) is 5.48. The number of benzene rings is 1. The second-order valence-electron chi connectivity index (χ2n) is 5.48. The summed E-state index contributed by atoms with van der Waals surface area (Å²) in [6.45, 7) is 2.65. The van der Waals surface area contributed by atoms with E-state index >= 15 is 0 Å². The van der Waals surface area contributed by atoms with E-state index in [9.17, 15) is 9.59 Å². The van der Waals surface area contributed by atoms with Crippen molar-refractivity contribution >= 4 is 5.91 Å². The van der Waals surface area contributed by atoms with Gasteiger partial charge in [0, 0.05) is 23.5 Å². The van der Waals surface area contributed by atoms with Crippen molar-refractivity contribution in [3.8, 4) is 16.9 Å². The Labute approximate surface area is 144 Å². The van der Waals surface area contributed by atoms with Gasteiger partial charge in [-0.2, -0.15) is 5.10 Å². The molecule has 2 aromatic heterocycles. The zero-order chi connectivity index (χ0) is 17.6. The molecule has 3 aromatic rings. The van der Waals surface area contributed by atoms with E-state index in [0.717, 1.165) is 22.6 Å². The average Bonchev–Trinajstić information content (AvgIpc) is 3.05. The van der Waals surface area contributed by atoms with E-state index < -0.39 is 0 Å². The molecule has 1 amide bonds. The van der Waals surface area contributed by atoms with E-state index in [4.69, 9.17) is 4.74 Å². The molecule has 128 valence electrons. The van der Waals surface area contributed by atoms with E-state index in [-0.39, 0.29) is 11.5 Å². The van der Waals surface area contributed by atoms with Crippen LogP contribution in [0.3, 0.4) is 0 Å². The number of nitrogens with one attached hydrogen (secondary N) is 3. The van der Waals surface area contributed by atoms with Gasteiger partial charge in [-0.15, -0.1) is 0 Å². The molecule has 0 spiro atoms. The number of hydrogen-bond acceptors (Lipinski definition) is 4. The molecule has 0 radical (unpaired) electrons. The lowest BCUT2D eigenvalue weighted by Gasteiger charge is -2.09. The molecule has 3 rings (SSSR count). The van der Waals surface area contributed by atoms with Gasteiger partial charge in [-0.1, -0.05) is 12.1 Å². The predicted molar refractivity (Wildman–Crippen MR) is 93.7 cm³/mol. The number of hydrogen-bond donors (Lipinski definition) is 3. The highest BCUT2D eigenvalue weighted by atomic mass is 16.5. The molecule has 3 N–H and O–H groups in total. The van der Waals surface area contributed by atoms with E-state index in [1.54, 1.807) is 6.20 Å². The highest BCUT2D eigenvalue weighted by molar-refractivity contribution is 5.93. The number of H-pyrrole nitrogens is 2. The van der Waals surface area contributed by atoms with Gasteiger partial charge >= 0.3 is 0 Å². The molecule has 0 atom stereocenters. The van der Waals surface area contributed by atoms with Crippen LogP contribution in [0, 0.1) is 6.92 Å². The minimum Gasteiger partial charge on any atom is -0.492 e. The highest BCUT2D eigenvalue weighted by Gasteiger charge is 2.06. The Morgan fingerprint density at radius 2 is 2.16 bits per heavy atom. The fraction of sp³-hybridized carbons (Fsp3) is 0.167. The maximum Gasteiger partial charge on any atom is 0.252 e. The monoisotopic (exact) mass is 338 g/mol. The molecule has 0 fully saturated rings. The SMILES string of the molecule is Cc1[nH]ncc1-c1cccc(OCCNC(=O)c2ccc(=O)[nH]c2)c1. The molecule has 0 aliphatic carbocycles.